The molecule has 0 bridgehead atoms. The molecule has 24 heavy (non-hydrogen) atoms. The lowest BCUT2D eigenvalue weighted by molar-refractivity contribution is 0.0600. The predicted molar refractivity (Wildman–Crippen MR) is 97.5 cm³/mol. The first-order valence-electron chi connectivity index (χ1n) is 7.94. The molecule has 1 fully saturated rings. The van der Waals surface area contributed by atoms with E-state index in [9.17, 15) is 4.79 Å². The fourth-order valence-electron chi connectivity index (χ4n) is 2.99. The Labute approximate surface area is 149 Å². The number of esters is 1. The van der Waals surface area contributed by atoms with Gasteiger partial charge in [-0.1, -0.05) is 42.5 Å². The first-order valence-corrected chi connectivity index (χ1v) is 7.94. The van der Waals surface area contributed by atoms with Gasteiger partial charge >= 0.3 is 5.97 Å². The molecule has 1 aliphatic rings. The van der Waals surface area contributed by atoms with Crippen molar-refractivity contribution in [2.45, 2.75) is 12.6 Å². The number of carbonyl (C=O) groups is 1. The fraction of sp³-hybridized carbons (Fsp3) is 0.316. The number of rotatable bonds is 4. The summed E-state index contributed by atoms with van der Waals surface area (Å²) in [6, 6.07) is 18.5. The van der Waals surface area contributed by atoms with Crippen LogP contribution in [0.2, 0.25) is 0 Å². The summed E-state index contributed by atoms with van der Waals surface area (Å²) in [4.78, 5) is 14.0. The monoisotopic (exact) mass is 346 g/mol. The van der Waals surface area contributed by atoms with Gasteiger partial charge in [0.2, 0.25) is 0 Å². The van der Waals surface area contributed by atoms with E-state index in [1.54, 1.807) is 0 Å². The Kier molecular flexibility index (Phi) is 6.79. The number of nitrogens with one attached hydrogen (secondary N) is 1. The van der Waals surface area contributed by atoms with Crippen molar-refractivity contribution < 1.29 is 9.53 Å². The molecule has 0 saturated carbocycles. The molecule has 128 valence electrons. The summed E-state index contributed by atoms with van der Waals surface area (Å²) in [7, 11) is 1.40. The minimum atomic E-state index is -0.293. The summed E-state index contributed by atoms with van der Waals surface area (Å²) in [5.74, 6) is -0.293. The highest BCUT2D eigenvalue weighted by Crippen LogP contribution is 2.19. The molecule has 2 aromatic rings. The van der Waals surface area contributed by atoms with E-state index in [1.165, 1.54) is 18.2 Å². The largest absolute Gasteiger partial charge is 0.465 e. The number of halogens is 1. The first-order chi connectivity index (χ1) is 11.3. The summed E-state index contributed by atoms with van der Waals surface area (Å²) in [6.07, 6.45) is 0. The zero-order valence-corrected chi connectivity index (χ0v) is 14.6. The van der Waals surface area contributed by atoms with Crippen LogP contribution in [0.5, 0.6) is 0 Å². The number of nitrogens with zero attached hydrogens (tertiary/aromatic N) is 1. The third kappa shape index (κ3) is 4.57. The third-order valence-corrected chi connectivity index (χ3v) is 4.24. The lowest BCUT2D eigenvalue weighted by Crippen LogP contribution is -2.45. The molecule has 1 N–H and O–H groups in total. The number of hydrogen-bond acceptors (Lipinski definition) is 4. The lowest BCUT2D eigenvalue weighted by Gasteiger charge is -2.34. The van der Waals surface area contributed by atoms with Crippen molar-refractivity contribution in [3.63, 3.8) is 0 Å². The van der Waals surface area contributed by atoms with E-state index in [2.05, 4.69) is 34.5 Å². The van der Waals surface area contributed by atoms with Crippen LogP contribution in [0.1, 0.15) is 27.5 Å². The van der Waals surface area contributed by atoms with Crippen molar-refractivity contribution in [2.24, 2.45) is 0 Å². The fourth-order valence-corrected chi connectivity index (χ4v) is 2.99. The Balaban J connectivity index is 0.00000208. The summed E-state index contributed by atoms with van der Waals surface area (Å²) < 4.78 is 4.74. The van der Waals surface area contributed by atoms with Crippen LogP contribution >= 0.6 is 12.4 Å². The summed E-state index contributed by atoms with van der Waals surface area (Å²) >= 11 is 0. The van der Waals surface area contributed by atoms with Crippen LogP contribution in [0.4, 0.5) is 0 Å². The van der Waals surface area contributed by atoms with Gasteiger partial charge in [-0.3, -0.25) is 4.90 Å². The molecule has 1 aliphatic heterocycles. The third-order valence-electron chi connectivity index (χ3n) is 4.24. The summed E-state index contributed by atoms with van der Waals surface area (Å²) in [6.45, 7) is 3.95. The molecular formula is C19H23ClN2O2. The SMILES string of the molecule is COC(=O)c1ccc(C2CN(Cc3ccccc3)CCN2)cc1.Cl. The van der Waals surface area contributed by atoms with E-state index in [0.29, 0.717) is 11.6 Å². The highest BCUT2D eigenvalue weighted by atomic mass is 35.5. The van der Waals surface area contributed by atoms with Crippen molar-refractivity contribution in [3.05, 3.63) is 71.3 Å². The predicted octanol–water partition coefficient (Wildman–Crippen LogP) is 3.04. The van der Waals surface area contributed by atoms with E-state index in [1.807, 2.05) is 30.3 Å². The number of hydrogen-bond donors (Lipinski definition) is 1. The topological polar surface area (TPSA) is 41.6 Å². The zero-order valence-electron chi connectivity index (χ0n) is 13.8. The van der Waals surface area contributed by atoms with E-state index < -0.39 is 0 Å². The zero-order chi connectivity index (χ0) is 16.1. The maximum atomic E-state index is 11.5. The van der Waals surface area contributed by atoms with E-state index >= 15 is 0 Å². The quantitative estimate of drug-likeness (QED) is 0.864. The molecule has 1 heterocycles. The highest BCUT2D eigenvalue weighted by molar-refractivity contribution is 5.89. The van der Waals surface area contributed by atoms with Crippen LogP contribution in [-0.2, 0) is 11.3 Å². The van der Waals surface area contributed by atoms with E-state index in [0.717, 1.165) is 26.2 Å². The summed E-state index contributed by atoms with van der Waals surface area (Å²) in [5.41, 5.74) is 3.14. The first kappa shape index (κ1) is 18.5. The van der Waals surface area contributed by atoms with Crippen molar-refractivity contribution in [1.29, 1.82) is 0 Å². The number of carbonyl (C=O) groups excluding carboxylic acids is 1. The van der Waals surface area contributed by atoms with Crippen LogP contribution in [0.25, 0.3) is 0 Å². The molecule has 1 unspecified atom stereocenters. The average molecular weight is 347 g/mol. The van der Waals surface area contributed by atoms with Crippen LogP contribution in [0, 0.1) is 0 Å². The van der Waals surface area contributed by atoms with Crippen LogP contribution in [0.3, 0.4) is 0 Å². The van der Waals surface area contributed by atoms with Gasteiger partial charge in [0.25, 0.3) is 0 Å². The molecule has 2 aromatic carbocycles. The Hall–Kier alpha value is -1.88. The van der Waals surface area contributed by atoms with Crippen molar-refractivity contribution in [3.8, 4) is 0 Å². The Morgan fingerprint density at radius 3 is 2.54 bits per heavy atom. The van der Waals surface area contributed by atoms with Gasteiger partial charge in [0, 0.05) is 32.2 Å². The van der Waals surface area contributed by atoms with Gasteiger partial charge < -0.3 is 10.1 Å². The van der Waals surface area contributed by atoms with Gasteiger partial charge in [-0.15, -0.1) is 12.4 Å². The molecule has 4 nitrogen and oxygen atoms in total. The Bertz CT molecular complexity index is 646. The van der Waals surface area contributed by atoms with Crippen LogP contribution < -0.4 is 5.32 Å². The molecular weight excluding hydrogens is 324 g/mol. The van der Waals surface area contributed by atoms with Gasteiger partial charge in [0.05, 0.1) is 12.7 Å². The molecule has 0 aliphatic carbocycles. The highest BCUT2D eigenvalue weighted by Gasteiger charge is 2.21. The van der Waals surface area contributed by atoms with Gasteiger partial charge in [-0.05, 0) is 23.3 Å². The van der Waals surface area contributed by atoms with Gasteiger partial charge in [-0.25, -0.2) is 4.79 Å². The normalized spacial score (nSPS) is 17.8. The second-order valence-electron chi connectivity index (χ2n) is 5.84. The molecule has 1 atom stereocenters. The lowest BCUT2D eigenvalue weighted by atomic mass is 10.0. The van der Waals surface area contributed by atoms with Gasteiger partial charge in [-0.2, -0.15) is 0 Å². The van der Waals surface area contributed by atoms with Crippen LogP contribution in [0.15, 0.2) is 54.6 Å². The number of methoxy groups -OCH3 is 1. The molecule has 5 heteroatoms. The van der Waals surface area contributed by atoms with Crippen LogP contribution in [-0.4, -0.2) is 37.6 Å². The summed E-state index contributed by atoms with van der Waals surface area (Å²) in [5, 5.41) is 3.56. The Morgan fingerprint density at radius 2 is 1.88 bits per heavy atom. The molecule has 0 aromatic heterocycles. The molecule has 0 radical (unpaired) electrons. The van der Waals surface area contributed by atoms with Crippen molar-refractivity contribution in [2.75, 3.05) is 26.7 Å². The van der Waals surface area contributed by atoms with E-state index in [4.69, 9.17) is 4.74 Å². The minimum absolute atomic E-state index is 0. The van der Waals surface area contributed by atoms with Crippen molar-refractivity contribution >= 4 is 18.4 Å². The Morgan fingerprint density at radius 1 is 1.17 bits per heavy atom. The molecule has 0 spiro atoms. The van der Waals surface area contributed by atoms with Crippen molar-refractivity contribution in [1.82, 2.24) is 10.2 Å². The molecule has 1 saturated heterocycles. The number of piperazine rings is 1. The average Bonchev–Trinajstić information content (AvgIpc) is 2.62. The second-order valence-corrected chi connectivity index (χ2v) is 5.84. The maximum Gasteiger partial charge on any atom is 0.337 e. The second kappa shape index (κ2) is 8.83. The minimum Gasteiger partial charge on any atom is -0.465 e. The standard InChI is InChI=1S/C19H22N2O2.ClH/c1-23-19(22)17-9-7-16(8-10-17)18-14-21(12-11-20-18)13-15-5-3-2-4-6-15;/h2-10,18,20H,11-14H2,1H3;1H. The molecule has 3 rings (SSSR count). The number of ether oxygens (including phenoxy) is 1. The number of benzene rings is 2. The van der Waals surface area contributed by atoms with E-state index in [-0.39, 0.29) is 18.4 Å². The molecule has 0 amide bonds. The van der Waals surface area contributed by atoms with Gasteiger partial charge in [0.1, 0.15) is 0 Å². The smallest absolute Gasteiger partial charge is 0.337 e. The van der Waals surface area contributed by atoms with Gasteiger partial charge in [0.15, 0.2) is 0 Å². The maximum absolute atomic E-state index is 11.5.